The summed E-state index contributed by atoms with van der Waals surface area (Å²) >= 11 is 6.97. The van der Waals surface area contributed by atoms with Crippen LogP contribution in [0, 0.1) is 19.7 Å². The van der Waals surface area contributed by atoms with E-state index in [-0.39, 0.29) is 10.6 Å². The first-order valence-corrected chi connectivity index (χ1v) is 7.35. The van der Waals surface area contributed by atoms with Crippen molar-refractivity contribution in [2.45, 2.75) is 18.7 Å². The first-order valence-electron chi connectivity index (χ1n) is 5.64. The fourth-order valence-electron chi connectivity index (χ4n) is 2.01. The van der Waals surface area contributed by atoms with Crippen molar-refractivity contribution in [3.8, 4) is 0 Å². The van der Waals surface area contributed by atoms with Crippen LogP contribution in [0.5, 0.6) is 0 Å². The molecule has 0 spiro atoms. The van der Waals surface area contributed by atoms with E-state index in [1.807, 2.05) is 6.07 Å². The highest BCUT2D eigenvalue weighted by Crippen LogP contribution is 2.34. The molecule has 0 nitrogen and oxygen atoms in total. The molecule has 0 saturated heterocycles. The normalized spacial score (nSPS) is 12.5. The van der Waals surface area contributed by atoms with Crippen LogP contribution in [0.15, 0.2) is 40.9 Å². The van der Waals surface area contributed by atoms with Crippen molar-refractivity contribution in [1.82, 2.24) is 0 Å². The molecular formula is C15H13Br2F. The van der Waals surface area contributed by atoms with E-state index in [0.29, 0.717) is 0 Å². The summed E-state index contributed by atoms with van der Waals surface area (Å²) in [6.45, 7) is 4.14. The van der Waals surface area contributed by atoms with Gasteiger partial charge in [0.1, 0.15) is 5.82 Å². The molecule has 0 N–H and O–H groups in total. The van der Waals surface area contributed by atoms with Gasteiger partial charge < -0.3 is 0 Å². The van der Waals surface area contributed by atoms with Crippen LogP contribution in [0.2, 0.25) is 0 Å². The maximum atomic E-state index is 13.4. The maximum absolute atomic E-state index is 13.4. The van der Waals surface area contributed by atoms with Crippen molar-refractivity contribution in [2.75, 3.05) is 0 Å². The van der Waals surface area contributed by atoms with Gasteiger partial charge in [-0.3, -0.25) is 0 Å². The molecule has 2 rings (SSSR count). The molecule has 94 valence electrons. The van der Waals surface area contributed by atoms with E-state index in [4.69, 9.17) is 0 Å². The van der Waals surface area contributed by atoms with Crippen molar-refractivity contribution in [3.05, 3.63) is 68.9 Å². The van der Waals surface area contributed by atoms with Crippen LogP contribution in [0.1, 0.15) is 27.1 Å². The van der Waals surface area contributed by atoms with E-state index in [0.717, 1.165) is 15.6 Å². The molecule has 3 heteroatoms. The Morgan fingerprint density at radius 3 is 2.39 bits per heavy atom. The van der Waals surface area contributed by atoms with E-state index >= 15 is 0 Å². The van der Waals surface area contributed by atoms with E-state index in [1.165, 1.54) is 17.2 Å². The average Bonchev–Trinajstić information content (AvgIpc) is 2.26. The lowest BCUT2D eigenvalue weighted by atomic mass is 9.99. The van der Waals surface area contributed by atoms with Crippen LogP contribution in [-0.4, -0.2) is 0 Å². The summed E-state index contributed by atoms with van der Waals surface area (Å²) in [5.41, 5.74) is 4.51. The van der Waals surface area contributed by atoms with Gasteiger partial charge in [0, 0.05) is 4.47 Å². The number of alkyl halides is 1. The third-order valence-corrected chi connectivity index (χ3v) is 4.36. The maximum Gasteiger partial charge on any atom is 0.124 e. The zero-order valence-corrected chi connectivity index (χ0v) is 13.3. The Labute approximate surface area is 123 Å². The van der Waals surface area contributed by atoms with Crippen LogP contribution in [-0.2, 0) is 0 Å². The van der Waals surface area contributed by atoms with Gasteiger partial charge in [-0.1, -0.05) is 55.6 Å². The monoisotopic (exact) mass is 370 g/mol. The molecule has 0 amide bonds. The topological polar surface area (TPSA) is 0 Å². The number of hydrogen-bond acceptors (Lipinski definition) is 0. The van der Waals surface area contributed by atoms with Crippen molar-refractivity contribution >= 4 is 31.9 Å². The van der Waals surface area contributed by atoms with Crippen LogP contribution in [0.4, 0.5) is 4.39 Å². The molecule has 0 fully saturated rings. The second kappa shape index (κ2) is 5.54. The molecule has 0 aromatic heterocycles. The largest absolute Gasteiger partial charge is 0.207 e. The summed E-state index contributed by atoms with van der Waals surface area (Å²) in [6.07, 6.45) is 0. The van der Waals surface area contributed by atoms with Gasteiger partial charge in [0.25, 0.3) is 0 Å². The molecule has 0 aliphatic carbocycles. The van der Waals surface area contributed by atoms with Gasteiger partial charge in [-0.05, 0) is 48.7 Å². The smallest absolute Gasteiger partial charge is 0.124 e. The molecule has 0 aliphatic heterocycles. The SMILES string of the molecule is Cc1ccc(C(Br)c2cc(F)cc(Br)c2)c(C)c1. The minimum Gasteiger partial charge on any atom is -0.207 e. The van der Waals surface area contributed by atoms with Gasteiger partial charge in [0.15, 0.2) is 0 Å². The van der Waals surface area contributed by atoms with Crippen LogP contribution < -0.4 is 0 Å². The van der Waals surface area contributed by atoms with Gasteiger partial charge in [0.2, 0.25) is 0 Å². The van der Waals surface area contributed by atoms with Gasteiger partial charge in [0.05, 0.1) is 4.83 Å². The molecule has 0 bridgehead atoms. The third kappa shape index (κ3) is 3.01. The highest BCUT2D eigenvalue weighted by Gasteiger charge is 2.14. The number of hydrogen-bond donors (Lipinski definition) is 0. The molecular weight excluding hydrogens is 359 g/mol. The Morgan fingerprint density at radius 1 is 1.06 bits per heavy atom. The standard InChI is InChI=1S/C15H13Br2F/c1-9-3-4-14(10(2)5-9)15(17)11-6-12(16)8-13(18)7-11/h3-8,15H,1-2H3. The molecule has 2 aromatic carbocycles. The van der Waals surface area contributed by atoms with Gasteiger partial charge in [-0.2, -0.15) is 0 Å². The minimum atomic E-state index is -0.228. The summed E-state index contributed by atoms with van der Waals surface area (Å²) in [5, 5.41) is 0. The first-order chi connectivity index (χ1) is 8.47. The third-order valence-electron chi connectivity index (χ3n) is 2.88. The van der Waals surface area contributed by atoms with Gasteiger partial charge in [-0.25, -0.2) is 4.39 Å². The van der Waals surface area contributed by atoms with E-state index < -0.39 is 0 Å². The summed E-state index contributed by atoms with van der Waals surface area (Å²) in [6, 6.07) is 11.3. The lowest BCUT2D eigenvalue weighted by Gasteiger charge is -2.14. The van der Waals surface area contributed by atoms with E-state index in [2.05, 4.69) is 63.9 Å². The van der Waals surface area contributed by atoms with Crippen molar-refractivity contribution in [1.29, 1.82) is 0 Å². The Hall–Kier alpha value is -0.670. The summed E-state index contributed by atoms with van der Waals surface area (Å²) in [5.74, 6) is -0.228. The minimum absolute atomic E-state index is 0.00472. The van der Waals surface area contributed by atoms with Crippen molar-refractivity contribution in [2.24, 2.45) is 0 Å². The molecule has 0 heterocycles. The van der Waals surface area contributed by atoms with Crippen LogP contribution in [0.3, 0.4) is 0 Å². The highest BCUT2D eigenvalue weighted by molar-refractivity contribution is 9.10. The Bertz CT molecular complexity index is 558. The number of halogens is 3. The van der Waals surface area contributed by atoms with E-state index in [1.54, 1.807) is 6.07 Å². The molecule has 0 aliphatic rings. The fraction of sp³-hybridized carbons (Fsp3) is 0.200. The molecule has 18 heavy (non-hydrogen) atoms. The number of rotatable bonds is 2. The number of benzene rings is 2. The Kier molecular flexibility index (Phi) is 4.23. The van der Waals surface area contributed by atoms with Gasteiger partial charge in [-0.15, -0.1) is 0 Å². The zero-order valence-electron chi connectivity index (χ0n) is 10.2. The van der Waals surface area contributed by atoms with Crippen LogP contribution in [0.25, 0.3) is 0 Å². The lowest BCUT2D eigenvalue weighted by molar-refractivity contribution is 0.625. The van der Waals surface area contributed by atoms with Crippen LogP contribution >= 0.6 is 31.9 Å². The molecule has 0 radical (unpaired) electrons. The number of aryl methyl sites for hydroxylation is 2. The predicted octanol–water partition coefficient (Wildman–Crippen LogP) is 5.69. The first kappa shape index (κ1) is 13.8. The van der Waals surface area contributed by atoms with Crippen molar-refractivity contribution in [3.63, 3.8) is 0 Å². The second-order valence-corrected chi connectivity index (χ2v) is 6.26. The summed E-state index contributed by atoms with van der Waals surface area (Å²) in [4.78, 5) is 0.00472. The fourth-order valence-corrected chi connectivity index (χ4v) is 3.27. The Balaban J connectivity index is 2.44. The summed E-state index contributed by atoms with van der Waals surface area (Å²) in [7, 11) is 0. The molecule has 0 saturated carbocycles. The predicted molar refractivity (Wildman–Crippen MR) is 80.8 cm³/mol. The average molecular weight is 372 g/mol. The van der Waals surface area contributed by atoms with E-state index in [9.17, 15) is 4.39 Å². The van der Waals surface area contributed by atoms with Crippen molar-refractivity contribution < 1.29 is 4.39 Å². The Morgan fingerprint density at radius 2 is 1.78 bits per heavy atom. The molecule has 2 aromatic rings. The summed E-state index contributed by atoms with van der Waals surface area (Å²) < 4.78 is 14.2. The molecule has 1 atom stereocenters. The zero-order chi connectivity index (χ0) is 13.3. The highest BCUT2D eigenvalue weighted by atomic mass is 79.9. The second-order valence-electron chi connectivity index (χ2n) is 4.43. The molecule has 1 unspecified atom stereocenters. The van der Waals surface area contributed by atoms with Gasteiger partial charge >= 0.3 is 0 Å². The quantitative estimate of drug-likeness (QED) is 0.595. The lowest BCUT2D eigenvalue weighted by Crippen LogP contribution is -1.97.